The van der Waals surface area contributed by atoms with E-state index in [1.807, 2.05) is 0 Å². The summed E-state index contributed by atoms with van der Waals surface area (Å²) in [5, 5.41) is 16.0. The number of nitrogens with zero attached hydrogens (tertiary/aromatic N) is 5. The molecule has 1 amide bonds. The van der Waals surface area contributed by atoms with Gasteiger partial charge < -0.3 is 14.4 Å². The Morgan fingerprint density at radius 2 is 2.31 bits per heavy atom. The van der Waals surface area contributed by atoms with Gasteiger partial charge in [-0.25, -0.2) is 9.78 Å². The SMILES string of the molecule is C[C@H]1[C@@H](O)CN1C(=O)c1coc(Cn2ccc(-c3cn[nH]c3)nc2=O)n1. The van der Waals surface area contributed by atoms with Crippen molar-refractivity contribution in [3.05, 3.63) is 53.0 Å². The maximum atomic E-state index is 12.3. The van der Waals surface area contributed by atoms with Gasteiger partial charge in [0.1, 0.15) is 12.8 Å². The van der Waals surface area contributed by atoms with E-state index in [2.05, 4.69) is 20.2 Å². The molecule has 2 atom stereocenters. The average molecular weight is 356 g/mol. The Hall–Kier alpha value is -3.27. The molecule has 0 unspecified atom stereocenters. The number of β-amino-alcohol motifs (C(OH)–C–C–N with tert-alkyl or cyclic N) is 1. The number of aromatic amines is 1. The second kappa shape index (κ2) is 6.23. The molecule has 3 aromatic rings. The predicted octanol–water partition coefficient (Wildman–Crippen LogP) is -0.125. The number of H-pyrrole nitrogens is 1. The molecule has 3 aromatic heterocycles. The first-order chi connectivity index (χ1) is 12.5. The van der Waals surface area contributed by atoms with Crippen LogP contribution in [0, 0.1) is 0 Å². The highest BCUT2D eigenvalue weighted by Gasteiger charge is 2.38. The van der Waals surface area contributed by atoms with Crippen molar-refractivity contribution in [2.75, 3.05) is 6.54 Å². The van der Waals surface area contributed by atoms with Crippen molar-refractivity contribution in [2.45, 2.75) is 25.6 Å². The fraction of sp³-hybridized carbons (Fsp3) is 0.312. The molecule has 10 nitrogen and oxygen atoms in total. The topological polar surface area (TPSA) is 130 Å². The molecule has 0 bridgehead atoms. The molecule has 0 radical (unpaired) electrons. The third-order valence-corrected chi connectivity index (χ3v) is 4.44. The summed E-state index contributed by atoms with van der Waals surface area (Å²) in [7, 11) is 0. The molecule has 26 heavy (non-hydrogen) atoms. The highest BCUT2D eigenvalue weighted by Crippen LogP contribution is 2.20. The number of likely N-dealkylation sites (tertiary alicyclic amines) is 1. The van der Waals surface area contributed by atoms with Crippen LogP contribution in [0.2, 0.25) is 0 Å². The largest absolute Gasteiger partial charge is 0.446 e. The van der Waals surface area contributed by atoms with Crippen LogP contribution < -0.4 is 5.69 Å². The van der Waals surface area contributed by atoms with E-state index in [9.17, 15) is 14.7 Å². The van der Waals surface area contributed by atoms with Gasteiger partial charge in [-0.05, 0) is 13.0 Å². The number of oxazole rings is 1. The maximum Gasteiger partial charge on any atom is 0.348 e. The number of hydrogen-bond acceptors (Lipinski definition) is 7. The van der Waals surface area contributed by atoms with Gasteiger partial charge in [-0.15, -0.1) is 0 Å². The first-order valence-electron chi connectivity index (χ1n) is 8.03. The molecule has 4 rings (SSSR count). The van der Waals surface area contributed by atoms with Gasteiger partial charge in [0, 0.05) is 24.5 Å². The Morgan fingerprint density at radius 1 is 1.46 bits per heavy atom. The molecule has 4 heterocycles. The molecule has 1 fully saturated rings. The summed E-state index contributed by atoms with van der Waals surface area (Å²) in [5.41, 5.74) is 0.904. The van der Waals surface area contributed by atoms with Crippen molar-refractivity contribution < 1.29 is 14.3 Å². The number of aliphatic hydroxyl groups is 1. The van der Waals surface area contributed by atoms with Crippen LogP contribution in [0.25, 0.3) is 11.3 Å². The first kappa shape index (κ1) is 16.2. The number of aliphatic hydroxyl groups excluding tert-OH is 1. The van der Waals surface area contributed by atoms with Crippen LogP contribution in [-0.4, -0.2) is 59.3 Å². The molecule has 1 saturated heterocycles. The van der Waals surface area contributed by atoms with Crippen LogP contribution in [0.1, 0.15) is 23.3 Å². The zero-order chi connectivity index (χ0) is 18.3. The number of aromatic nitrogens is 5. The lowest BCUT2D eigenvalue weighted by atomic mass is 10.0. The smallest absolute Gasteiger partial charge is 0.348 e. The normalized spacial score (nSPS) is 19.4. The number of carbonyl (C=O) groups is 1. The standard InChI is InChI=1S/C16H16N6O4/c1-9-13(23)6-22(9)15(24)12-8-26-14(19-12)7-21-3-2-11(20-16(21)25)10-4-17-18-5-10/h2-5,8-9,13,23H,6-7H2,1H3,(H,17,18)/t9-,13-/m0/s1. The summed E-state index contributed by atoms with van der Waals surface area (Å²) < 4.78 is 6.64. The van der Waals surface area contributed by atoms with Crippen LogP contribution in [-0.2, 0) is 6.54 Å². The van der Waals surface area contributed by atoms with Crippen molar-refractivity contribution in [2.24, 2.45) is 0 Å². The van der Waals surface area contributed by atoms with Crippen molar-refractivity contribution in [3.63, 3.8) is 0 Å². The fourth-order valence-electron chi connectivity index (χ4n) is 2.73. The van der Waals surface area contributed by atoms with E-state index in [0.717, 1.165) is 0 Å². The molecule has 0 aliphatic carbocycles. The summed E-state index contributed by atoms with van der Waals surface area (Å²) in [6.07, 6.45) is 5.55. The third-order valence-electron chi connectivity index (χ3n) is 4.44. The minimum atomic E-state index is -0.510. The second-order valence-corrected chi connectivity index (χ2v) is 6.10. The highest BCUT2D eigenvalue weighted by atomic mass is 16.3. The molecule has 0 saturated carbocycles. The van der Waals surface area contributed by atoms with E-state index in [-0.39, 0.29) is 36.6 Å². The number of nitrogens with one attached hydrogen (secondary N) is 1. The van der Waals surface area contributed by atoms with Gasteiger partial charge in [0.15, 0.2) is 5.69 Å². The third kappa shape index (κ3) is 2.80. The molecule has 1 aliphatic rings. The quantitative estimate of drug-likeness (QED) is 0.666. The van der Waals surface area contributed by atoms with Crippen LogP contribution in [0.15, 0.2) is 40.1 Å². The number of hydrogen-bond donors (Lipinski definition) is 2. The van der Waals surface area contributed by atoms with Gasteiger partial charge in [0.2, 0.25) is 5.89 Å². The van der Waals surface area contributed by atoms with E-state index >= 15 is 0 Å². The van der Waals surface area contributed by atoms with Crippen LogP contribution in [0.4, 0.5) is 0 Å². The molecule has 0 spiro atoms. The van der Waals surface area contributed by atoms with Gasteiger partial charge in [0.05, 0.1) is 24.0 Å². The van der Waals surface area contributed by atoms with Crippen molar-refractivity contribution >= 4 is 5.91 Å². The predicted molar refractivity (Wildman–Crippen MR) is 88.2 cm³/mol. The Morgan fingerprint density at radius 3 is 2.96 bits per heavy atom. The van der Waals surface area contributed by atoms with Gasteiger partial charge in [-0.2, -0.15) is 10.1 Å². The second-order valence-electron chi connectivity index (χ2n) is 6.10. The van der Waals surface area contributed by atoms with Gasteiger partial charge in [0.25, 0.3) is 5.91 Å². The Balaban J connectivity index is 1.49. The highest BCUT2D eigenvalue weighted by molar-refractivity contribution is 5.92. The number of amides is 1. The van der Waals surface area contributed by atoms with E-state index in [4.69, 9.17) is 4.42 Å². The van der Waals surface area contributed by atoms with Crippen molar-refractivity contribution in [1.82, 2.24) is 29.6 Å². The molecular weight excluding hydrogens is 340 g/mol. The fourth-order valence-corrected chi connectivity index (χ4v) is 2.73. The lowest BCUT2D eigenvalue weighted by Gasteiger charge is -2.42. The molecule has 1 aliphatic heterocycles. The van der Waals surface area contributed by atoms with E-state index in [1.54, 1.807) is 31.6 Å². The summed E-state index contributed by atoms with van der Waals surface area (Å²) in [6, 6.07) is 1.44. The minimum Gasteiger partial charge on any atom is -0.446 e. The Bertz CT molecular complexity index is 992. The zero-order valence-corrected chi connectivity index (χ0v) is 13.9. The summed E-state index contributed by atoms with van der Waals surface area (Å²) >= 11 is 0. The summed E-state index contributed by atoms with van der Waals surface area (Å²) in [5.74, 6) is -0.0828. The van der Waals surface area contributed by atoms with Gasteiger partial charge in [-0.1, -0.05) is 0 Å². The number of carbonyl (C=O) groups excluding carboxylic acids is 1. The molecular formula is C16H16N6O4. The van der Waals surface area contributed by atoms with Gasteiger partial charge in [-0.3, -0.25) is 14.5 Å². The van der Waals surface area contributed by atoms with E-state index in [0.29, 0.717) is 11.3 Å². The molecule has 2 N–H and O–H groups in total. The lowest BCUT2D eigenvalue weighted by molar-refractivity contribution is -0.0360. The van der Waals surface area contributed by atoms with Crippen molar-refractivity contribution in [1.29, 1.82) is 0 Å². The Labute approximate surface area is 147 Å². The van der Waals surface area contributed by atoms with Crippen molar-refractivity contribution in [3.8, 4) is 11.3 Å². The van der Waals surface area contributed by atoms with Gasteiger partial charge >= 0.3 is 5.69 Å². The average Bonchev–Trinajstić information content (AvgIpc) is 3.32. The first-order valence-corrected chi connectivity index (χ1v) is 8.03. The van der Waals surface area contributed by atoms with Crippen LogP contribution in [0.3, 0.4) is 0 Å². The summed E-state index contributed by atoms with van der Waals surface area (Å²) in [6.45, 7) is 2.10. The minimum absolute atomic E-state index is 0.0585. The lowest BCUT2D eigenvalue weighted by Crippen LogP contribution is -2.60. The number of rotatable bonds is 4. The monoisotopic (exact) mass is 356 g/mol. The van der Waals surface area contributed by atoms with E-state index < -0.39 is 11.8 Å². The molecule has 134 valence electrons. The zero-order valence-electron chi connectivity index (χ0n) is 13.9. The Kier molecular flexibility index (Phi) is 3.88. The molecule has 10 heteroatoms. The maximum absolute atomic E-state index is 12.3. The molecule has 0 aromatic carbocycles. The van der Waals surface area contributed by atoms with E-state index in [1.165, 1.54) is 15.7 Å². The van der Waals surface area contributed by atoms with Crippen LogP contribution in [0.5, 0.6) is 0 Å². The summed E-state index contributed by atoms with van der Waals surface area (Å²) in [4.78, 5) is 34.1. The van der Waals surface area contributed by atoms with Crippen LogP contribution >= 0.6 is 0 Å².